The molecule has 0 rings (SSSR count). The van der Waals surface area contributed by atoms with E-state index < -0.39 is 32.5 Å². The zero-order chi connectivity index (χ0) is 42.8. The molecule has 0 aromatic rings. The van der Waals surface area contributed by atoms with E-state index in [1.807, 2.05) is 27.2 Å². The van der Waals surface area contributed by atoms with Crippen LogP contribution in [0.3, 0.4) is 0 Å². The molecule has 9 nitrogen and oxygen atoms in total. The number of hydrogen-bond acceptors (Lipinski definition) is 8. The average molecular weight is 834 g/mol. The zero-order valence-electron chi connectivity index (χ0n) is 37.5. The number of unbranched alkanes of at least 4 members (excludes halogenated alkanes) is 14. The van der Waals surface area contributed by atoms with Crippen LogP contribution in [0.4, 0.5) is 0 Å². The van der Waals surface area contributed by atoms with Gasteiger partial charge in [-0.05, 0) is 77.0 Å². The minimum Gasteiger partial charge on any atom is -0.756 e. The van der Waals surface area contributed by atoms with Crippen molar-refractivity contribution in [3.05, 3.63) is 72.9 Å². The van der Waals surface area contributed by atoms with Gasteiger partial charge in [0.15, 0.2) is 6.10 Å². The Hall–Kier alpha value is -2.55. The quantitative estimate of drug-likeness (QED) is 0.0197. The first-order valence-corrected chi connectivity index (χ1v) is 24.1. The largest absolute Gasteiger partial charge is 0.756 e. The number of quaternary nitrogens is 1. The molecule has 0 N–H and O–H groups in total. The predicted molar refractivity (Wildman–Crippen MR) is 240 cm³/mol. The Bertz CT molecular complexity index is 1220. The van der Waals surface area contributed by atoms with E-state index >= 15 is 0 Å². The van der Waals surface area contributed by atoms with Crippen LogP contribution >= 0.6 is 7.82 Å². The number of likely N-dealkylation sites (N-methyl/N-ethyl adjacent to an activating group) is 1. The van der Waals surface area contributed by atoms with E-state index in [4.69, 9.17) is 18.5 Å². The van der Waals surface area contributed by atoms with Gasteiger partial charge in [-0.1, -0.05) is 151 Å². The zero-order valence-corrected chi connectivity index (χ0v) is 38.4. The smallest absolute Gasteiger partial charge is 0.306 e. The van der Waals surface area contributed by atoms with Crippen molar-refractivity contribution in [1.82, 2.24) is 0 Å². The van der Waals surface area contributed by atoms with Gasteiger partial charge in [0.25, 0.3) is 7.82 Å². The lowest BCUT2D eigenvalue weighted by molar-refractivity contribution is -0.870. The van der Waals surface area contributed by atoms with E-state index in [1.54, 1.807) is 0 Å². The lowest BCUT2D eigenvalue weighted by atomic mass is 10.1. The van der Waals surface area contributed by atoms with Crippen LogP contribution in [-0.4, -0.2) is 70.0 Å². The summed E-state index contributed by atoms with van der Waals surface area (Å²) in [5, 5.41) is 0. The Kier molecular flexibility index (Phi) is 38.1. The highest BCUT2D eigenvalue weighted by molar-refractivity contribution is 7.45. The molecule has 0 saturated heterocycles. The molecule has 2 atom stereocenters. The SMILES string of the molecule is CCCCC/C=C/C/C=C/C/C=C/C/C=C/CCCC(=O)OC[C@H](COP(=O)([O-])OCC[N+](C)(C)C)OC(=O)CCC/C=C/C/C=C/CCCCCCCCCCC. The number of phosphoric ester groups is 1. The van der Waals surface area contributed by atoms with E-state index in [0.29, 0.717) is 30.3 Å². The van der Waals surface area contributed by atoms with E-state index in [0.717, 1.165) is 38.5 Å². The van der Waals surface area contributed by atoms with Crippen LogP contribution in [0.15, 0.2) is 72.9 Å². The molecule has 10 heteroatoms. The third-order valence-corrected chi connectivity index (χ3v) is 10.2. The summed E-state index contributed by atoms with van der Waals surface area (Å²) in [6, 6.07) is 0. The molecule has 1 unspecified atom stereocenters. The van der Waals surface area contributed by atoms with Crippen LogP contribution in [-0.2, 0) is 32.7 Å². The van der Waals surface area contributed by atoms with Crippen molar-refractivity contribution in [2.75, 3.05) is 47.5 Å². The molecular weight excluding hydrogens is 750 g/mol. The maximum Gasteiger partial charge on any atom is 0.306 e. The molecule has 0 aliphatic carbocycles. The van der Waals surface area contributed by atoms with Gasteiger partial charge in [-0.2, -0.15) is 0 Å². The van der Waals surface area contributed by atoms with Crippen LogP contribution < -0.4 is 4.89 Å². The van der Waals surface area contributed by atoms with Crippen LogP contribution in [0.1, 0.15) is 168 Å². The number of rotatable bonds is 40. The van der Waals surface area contributed by atoms with Gasteiger partial charge in [-0.3, -0.25) is 14.2 Å². The Morgan fingerprint density at radius 3 is 1.41 bits per heavy atom. The van der Waals surface area contributed by atoms with E-state index in [-0.39, 0.29) is 26.1 Å². The van der Waals surface area contributed by atoms with E-state index in [2.05, 4.69) is 80.7 Å². The third kappa shape index (κ3) is 43.0. The van der Waals surface area contributed by atoms with Crippen molar-refractivity contribution < 1.29 is 42.1 Å². The first kappa shape index (κ1) is 55.5. The van der Waals surface area contributed by atoms with Crippen molar-refractivity contribution in [3.8, 4) is 0 Å². The number of hydrogen-bond donors (Lipinski definition) is 0. The second-order valence-electron chi connectivity index (χ2n) is 16.1. The fraction of sp³-hybridized carbons (Fsp3) is 0.708. The summed E-state index contributed by atoms with van der Waals surface area (Å²) in [4.78, 5) is 37.5. The predicted octanol–water partition coefficient (Wildman–Crippen LogP) is 12.4. The van der Waals surface area contributed by atoms with Crippen LogP contribution in [0.25, 0.3) is 0 Å². The molecule has 334 valence electrons. The van der Waals surface area contributed by atoms with Crippen molar-refractivity contribution in [2.24, 2.45) is 0 Å². The normalized spacial score (nSPS) is 14.2. The summed E-state index contributed by atoms with van der Waals surface area (Å²) in [7, 11) is 1.10. The number of phosphoric acid groups is 1. The molecule has 0 fully saturated rings. The summed E-state index contributed by atoms with van der Waals surface area (Å²) in [6.45, 7) is 4.07. The molecule has 0 aromatic heterocycles. The standard InChI is InChI=1S/C48H84NO8P/c1-6-8-10-12-14-16-18-20-22-24-26-28-30-32-34-36-38-40-47(50)54-44-46(45-56-58(52,53)55-43-42-49(3,4)5)57-48(51)41-39-37-35-33-31-29-27-25-23-21-19-17-15-13-11-9-7-2/h14,16,20,22,26-29,32-35,46H,6-13,15,17-19,21,23-25,30-31,36-45H2,1-5H3/b16-14+,22-20+,28-26+,29-27+,34-32+,35-33+/t46-/m1/s1. The topological polar surface area (TPSA) is 111 Å². The van der Waals surface area contributed by atoms with Crippen molar-refractivity contribution >= 4 is 19.8 Å². The first-order valence-electron chi connectivity index (χ1n) is 22.6. The summed E-state index contributed by atoms with van der Waals surface area (Å²) in [5.41, 5.74) is 0. The maximum absolute atomic E-state index is 12.7. The van der Waals surface area contributed by atoms with Gasteiger partial charge in [0, 0.05) is 12.8 Å². The molecule has 0 aliphatic heterocycles. The Morgan fingerprint density at radius 1 is 0.534 bits per heavy atom. The second kappa shape index (κ2) is 39.9. The van der Waals surface area contributed by atoms with Crippen molar-refractivity contribution in [3.63, 3.8) is 0 Å². The fourth-order valence-electron chi connectivity index (χ4n) is 5.63. The lowest BCUT2D eigenvalue weighted by Crippen LogP contribution is -2.37. The van der Waals surface area contributed by atoms with Gasteiger partial charge in [0.05, 0.1) is 27.7 Å². The second-order valence-corrected chi connectivity index (χ2v) is 17.5. The highest BCUT2D eigenvalue weighted by Crippen LogP contribution is 2.38. The lowest BCUT2D eigenvalue weighted by Gasteiger charge is -2.28. The number of carbonyl (C=O) groups excluding carboxylic acids is 2. The monoisotopic (exact) mass is 834 g/mol. The van der Waals surface area contributed by atoms with Gasteiger partial charge in [0.1, 0.15) is 19.8 Å². The third-order valence-electron chi connectivity index (χ3n) is 9.20. The number of nitrogens with zero attached hydrogens (tertiary/aromatic N) is 1. The molecule has 0 aromatic carbocycles. The number of carbonyl (C=O) groups is 2. The van der Waals surface area contributed by atoms with Crippen LogP contribution in [0.5, 0.6) is 0 Å². The summed E-state index contributed by atoms with van der Waals surface area (Å²) >= 11 is 0. The minimum atomic E-state index is -4.65. The van der Waals surface area contributed by atoms with Crippen LogP contribution in [0, 0.1) is 0 Å². The molecule has 0 radical (unpaired) electrons. The van der Waals surface area contributed by atoms with E-state index in [9.17, 15) is 19.0 Å². The Balaban J connectivity index is 4.51. The van der Waals surface area contributed by atoms with Gasteiger partial charge in [-0.15, -0.1) is 0 Å². The highest BCUT2D eigenvalue weighted by atomic mass is 31.2. The van der Waals surface area contributed by atoms with Gasteiger partial charge < -0.3 is 27.9 Å². The molecular formula is C48H84NO8P. The minimum absolute atomic E-state index is 0.0498. The Labute approximate surface area is 355 Å². The molecule has 58 heavy (non-hydrogen) atoms. The first-order chi connectivity index (χ1) is 28.0. The Morgan fingerprint density at radius 2 is 0.931 bits per heavy atom. The number of ether oxygens (including phenoxy) is 2. The summed E-state index contributed by atoms with van der Waals surface area (Å²) in [5.74, 6) is -0.958. The van der Waals surface area contributed by atoms with Gasteiger partial charge in [-0.25, -0.2) is 0 Å². The number of esters is 2. The molecule has 0 aliphatic rings. The number of allylic oxidation sites excluding steroid dienone is 12. The molecule has 0 saturated carbocycles. The highest BCUT2D eigenvalue weighted by Gasteiger charge is 2.21. The van der Waals surface area contributed by atoms with Crippen LogP contribution in [0.2, 0.25) is 0 Å². The van der Waals surface area contributed by atoms with Crippen molar-refractivity contribution in [2.45, 2.75) is 174 Å². The molecule has 0 heterocycles. The van der Waals surface area contributed by atoms with E-state index in [1.165, 1.54) is 83.5 Å². The van der Waals surface area contributed by atoms with Crippen molar-refractivity contribution in [1.29, 1.82) is 0 Å². The molecule has 0 bridgehead atoms. The van der Waals surface area contributed by atoms with Gasteiger partial charge >= 0.3 is 11.9 Å². The molecule has 0 amide bonds. The average Bonchev–Trinajstić information content (AvgIpc) is 3.17. The molecule has 0 spiro atoms. The van der Waals surface area contributed by atoms with Gasteiger partial charge in [0.2, 0.25) is 0 Å². The fourth-order valence-corrected chi connectivity index (χ4v) is 6.35. The summed E-state index contributed by atoms with van der Waals surface area (Å²) < 4.78 is 33.8. The maximum atomic E-state index is 12.7. The summed E-state index contributed by atoms with van der Waals surface area (Å²) in [6.07, 6.45) is 49.5.